The average molecular weight is 222 g/mol. The first-order valence-corrected chi connectivity index (χ1v) is 6.12. The summed E-state index contributed by atoms with van der Waals surface area (Å²) in [4.78, 5) is 10.8. The Labute approximate surface area is 98.1 Å². The molecule has 0 radical (unpaired) electrons. The highest BCUT2D eigenvalue weighted by atomic mass is 15.2. The molecule has 0 aliphatic carbocycles. The predicted molar refractivity (Wildman–Crippen MR) is 69.0 cm³/mol. The fourth-order valence-electron chi connectivity index (χ4n) is 1.57. The van der Waals surface area contributed by atoms with E-state index in [1.54, 1.807) is 6.33 Å². The van der Waals surface area contributed by atoms with Crippen molar-refractivity contribution in [3.63, 3.8) is 0 Å². The normalized spacial score (nSPS) is 10.2. The Kier molecular flexibility index (Phi) is 5.61. The zero-order valence-electron chi connectivity index (χ0n) is 10.5. The first-order valence-electron chi connectivity index (χ1n) is 6.12. The van der Waals surface area contributed by atoms with Crippen LogP contribution in [0.3, 0.4) is 0 Å². The number of nitrogens with zero attached hydrogens (tertiary/aromatic N) is 3. The highest BCUT2D eigenvalue weighted by Crippen LogP contribution is 2.14. The Bertz CT molecular complexity index is 301. The summed E-state index contributed by atoms with van der Waals surface area (Å²) >= 11 is 0. The summed E-state index contributed by atoms with van der Waals surface area (Å²) in [5.41, 5.74) is 0. The van der Waals surface area contributed by atoms with Crippen LogP contribution in [0.5, 0.6) is 0 Å². The lowest BCUT2D eigenvalue weighted by Gasteiger charge is -2.21. The second-order valence-electron chi connectivity index (χ2n) is 3.77. The van der Waals surface area contributed by atoms with Gasteiger partial charge in [-0.15, -0.1) is 0 Å². The van der Waals surface area contributed by atoms with Crippen molar-refractivity contribution >= 4 is 11.6 Å². The van der Waals surface area contributed by atoms with Gasteiger partial charge in [0.05, 0.1) is 0 Å². The first kappa shape index (κ1) is 12.7. The number of rotatable bonds is 7. The van der Waals surface area contributed by atoms with Gasteiger partial charge in [-0.2, -0.15) is 0 Å². The molecule has 90 valence electrons. The number of anilines is 2. The van der Waals surface area contributed by atoms with Crippen LogP contribution >= 0.6 is 0 Å². The molecule has 0 saturated carbocycles. The average Bonchev–Trinajstić information content (AvgIpc) is 2.33. The van der Waals surface area contributed by atoms with Crippen LogP contribution in [0, 0.1) is 0 Å². The maximum absolute atomic E-state index is 4.31. The molecule has 1 aromatic rings. The predicted octanol–water partition coefficient (Wildman–Crippen LogP) is 2.53. The van der Waals surface area contributed by atoms with E-state index in [-0.39, 0.29) is 0 Å². The van der Waals surface area contributed by atoms with Gasteiger partial charge >= 0.3 is 0 Å². The van der Waals surface area contributed by atoms with Crippen molar-refractivity contribution in [1.29, 1.82) is 0 Å². The van der Waals surface area contributed by atoms with Gasteiger partial charge in [-0.3, -0.25) is 0 Å². The topological polar surface area (TPSA) is 41.0 Å². The number of nitrogens with one attached hydrogen (secondary N) is 1. The van der Waals surface area contributed by atoms with E-state index in [4.69, 9.17) is 0 Å². The molecule has 0 aliphatic rings. The molecule has 0 unspecified atom stereocenters. The zero-order valence-corrected chi connectivity index (χ0v) is 10.5. The lowest BCUT2D eigenvalue weighted by molar-refractivity contribution is 0.776. The molecule has 0 bridgehead atoms. The summed E-state index contributed by atoms with van der Waals surface area (Å²) in [7, 11) is 0. The van der Waals surface area contributed by atoms with E-state index in [9.17, 15) is 0 Å². The third-order valence-corrected chi connectivity index (χ3v) is 2.41. The molecule has 4 heteroatoms. The van der Waals surface area contributed by atoms with E-state index in [1.807, 2.05) is 6.07 Å². The summed E-state index contributed by atoms with van der Waals surface area (Å²) in [6.07, 6.45) is 3.87. The molecule has 1 aromatic heterocycles. The molecule has 0 amide bonds. The number of aromatic nitrogens is 2. The van der Waals surface area contributed by atoms with Crippen molar-refractivity contribution in [2.45, 2.75) is 33.6 Å². The van der Waals surface area contributed by atoms with Crippen LogP contribution in [0.4, 0.5) is 11.6 Å². The Balaban J connectivity index is 2.71. The van der Waals surface area contributed by atoms with Gasteiger partial charge in [0.1, 0.15) is 18.0 Å². The van der Waals surface area contributed by atoms with Gasteiger partial charge in [0.25, 0.3) is 0 Å². The summed E-state index contributed by atoms with van der Waals surface area (Å²) < 4.78 is 0. The van der Waals surface area contributed by atoms with Crippen LogP contribution < -0.4 is 10.2 Å². The highest BCUT2D eigenvalue weighted by Gasteiger charge is 2.05. The second kappa shape index (κ2) is 7.04. The standard InChI is InChI=1S/C12H22N4/c1-4-7-13-11-9-12(15-10-14-11)16(6-3)8-5-2/h9-10H,4-8H2,1-3H3,(H,13,14,15). The van der Waals surface area contributed by atoms with Gasteiger partial charge in [-0.1, -0.05) is 13.8 Å². The fraction of sp³-hybridized carbons (Fsp3) is 0.667. The van der Waals surface area contributed by atoms with Crippen molar-refractivity contribution in [2.24, 2.45) is 0 Å². The van der Waals surface area contributed by atoms with E-state index < -0.39 is 0 Å². The van der Waals surface area contributed by atoms with Crippen molar-refractivity contribution in [1.82, 2.24) is 9.97 Å². The van der Waals surface area contributed by atoms with Crippen LogP contribution in [-0.4, -0.2) is 29.6 Å². The van der Waals surface area contributed by atoms with Crippen LogP contribution in [0.1, 0.15) is 33.6 Å². The quantitative estimate of drug-likeness (QED) is 0.769. The van der Waals surface area contributed by atoms with Crippen LogP contribution in [0.15, 0.2) is 12.4 Å². The maximum Gasteiger partial charge on any atom is 0.134 e. The van der Waals surface area contributed by atoms with E-state index in [1.165, 1.54) is 0 Å². The molecule has 1 rings (SSSR count). The summed E-state index contributed by atoms with van der Waals surface area (Å²) in [6, 6.07) is 2.02. The van der Waals surface area contributed by atoms with Gasteiger partial charge in [0.2, 0.25) is 0 Å². The van der Waals surface area contributed by atoms with Gasteiger partial charge in [0, 0.05) is 25.7 Å². The molecule has 0 atom stereocenters. The molecule has 0 saturated heterocycles. The second-order valence-corrected chi connectivity index (χ2v) is 3.77. The van der Waals surface area contributed by atoms with Crippen molar-refractivity contribution < 1.29 is 0 Å². The van der Waals surface area contributed by atoms with E-state index in [2.05, 4.69) is 41.0 Å². The molecule has 1 heterocycles. The minimum absolute atomic E-state index is 0.918. The van der Waals surface area contributed by atoms with Crippen LogP contribution in [-0.2, 0) is 0 Å². The smallest absolute Gasteiger partial charge is 0.134 e. The first-order chi connectivity index (χ1) is 7.81. The van der Waals surface area contributed by atoms with Crippen LogP contribution in [0.25, 0.3) is 0 Å². The number of hydrogen-bond acceptors (Lipinski definition) is 4. The zero-order chi connectivity index (χ0) is 11.8. The Morgan fingerprint density at radius 1 is 1.19 bits per heavy atom. The van der Waals surface area contributed by atoms with Gasteiger partial charge in [-0.25, -0.2) is 9.97 Å². The van der Waals surface area contributed by atoms with Gasteiger partial charge < -0.3 is 10.2 Å². The largest absolute Gasteiger partial charge is 0.370 e. The Hall–Kier alpha value is -1.32. The van der Waals surface area contributed by atoms with Crippen LogP contribution in [0.2, 0.25) is 0 Å². The summed E-state index contributed by atoms with van der Waals surface area (Å²) in [6.45, 7) is 9.46. The molecular formula is C12H22N4. The van der Waals surface area contributed by atoms with Crippen molar-refractivity contribution in [2.75, 3.05) is 29.9 Å². The van der Waals surface area contributed by atoms with E-state index in [0.29, 0.717) is 0 Å². The minimum Gasteiger partial charge on any atom is -0.370 e. The SMILES string of the molecule is CCCNc1cc(N(CC)CCC)ncn1. The van der Waals surface area contributed by atoms with Gasteiger partial charge in [0.15, 0.2) is 0 Å². The molecule has 0 fully saturated rings. The Morgan fingerprint density at radius 2 is 2.00 bits per heavy atom. The molecule has 16 heavy (non-hydrogen) atoms. The molecule has 0 aliphatic heterocycles. The Morgan fingerprint density at radius 3 is 2.62 bits per heavy atom. The van der Waals surface area contributed by atoms with E-state index in [0.717, 1.165) is 44.1 Å². The third kappa shape index (κ3) is 3.68. The van der Waals surface area contributed by atoms with E-state index >= 15 is 0 Å². The summed E-state index contributed by atoms with van der Waals surface area (Å²) in [5, 5.41) is 3.28. The molecular weight excluding hydrogens is 200 g/mol. The molecule has 4 nitrogen and oxygen atoms in total. The van der Waals surface area contributed by atoms with Crippen molar-refractivity contribution in [3.05, 3.63) is 12.4 Å². The lowest BCUT2D eigenvalue weighted by Crippen LogP contribution is -2.24. The minimum atomic E-state index is 0.918. The molecule has 0 aromatic carbocycles. The lowest BCUT2D eigenvalue weighted by atomic mass is 10.4. The summed E-state index contributed by atoms with van der Waals surface area (Å²) in [5.74, 6) is 1.93. The van der Waals surface area contributed by atoms with Gasteiger partial charge in [-0.05, 0) is 19.8 Å². The third-order valence-electron chi connectivity index (χ3n) is 2.41. The highest BCUT2D eigenvalue weighted by molar-refractivity contribution is 5.48. The molecule has 1 N–H and O–H groups in total. The van der Waals surface area contributed by atoms with Crippen molar-refractivity contribution in [3.8, 4) is 0 Å². The number of hydrogen-bond donors (Lipinski definition) is 1. The maximum atomic E-state index is 4.31. The fourth-order valence-corrected chi connectivity index (χ4v) is 1.57. The molecule has 0 spiro atoms. The monoisotopic (exact) mass is 222 g/mol.